The van der Waals surface area contributed by atoms with Crippen LogP contribution < -0.4 is 5.73 Å². The third kappa shape index (κ3) is 2.49. The van der Waals surface area contributed by atoms with Gasteiger partial charge in [-0.25, -0.2) is 4.98 Å². The first-order valence-corrected chi connectivity index (χ1v) is 7.25. The molecular weight excluding hydrogens is 240 g/mol. The molecule has 2 heterocycles. The van der Waals surface area contributed by atoms with E-state index >= 15 is 0 Å². The molecular formula is C14H24N4O. The number of morpholine rings is 1. The molecule has 1 aromatic rings. The van der Waals surface area contributed by atoms with Crippen molar-refractivity contribution in [2.45, 2.75) is 50.9 Å². The zero-order chi connectivity index (χ0) is 13.5. The minimum atomic E-state index is 0.210. The molecule has 1 saturated heterocycles. The predicted molar refractivity (Wildman–Crippen MR) is 74.9 cm³/mol. The molecule has 1 saturated carbocycles. The second kappa shape index (κ2) is 4.80. The fraction of sp³-hybridized carbons (Fsp3) is 0.786. The van der Waals surface area contributed by atoms with Gasteiger partial charge in [-0.05, 0) is 33.1 Å². The van der Waals surface area contributed by atoms with E-state index in [0.717, 1.165) is 19.6 Å². The Labute approximate surface area is 114 Å². The first kappa shape index (κ1) is 12.9. The molecule has 0 aromatic carbocycles. The fourth-order valence-corrected chi connectivity index (χ4v) is 3.51. The normalized spacial score (nSPS) is 31.1. The SMILES string of the molecule is C[C@@H]1CN(CC2(n3cnc(N)c3)CCC2)C[C@H](C)O1. The summed E-state index contributed by atoms with van der Waals surface area (Å²) in [5.41, 5.74) is 5.98. The van der Waals surface area contributed by atoms with E-state index in [1.807, 2.05) is 12.5 Å². The first-order valence-electron chi connectivity index (χ1n) is 7.25. The van der Waals surface area contributed by atoms with Gasteiger partial charge in [-0.1, -0.05) is 0 Å². The number of hydrogen-bond donors (Lipinski definition) is 1. The Hall–Kier alpha value is -1.07. The summed E-state index contributed by atoms with van der Waals surface area (Å²) in [6.07, 6.45) is 8.27. The van der Waals surface area contributed by atoms with Gasteiger partial charge >= 0.3 is 0 Å². The molecule has 2 aliphatic rings. The lowest BCUT2D eigenvalue weighted by atomic mass is 9.76. The van der Waals surface area contributed by atoms with E-state index in [2.05, 4.69) is 28.3 Å². The highest BCUT2D eigenvalue weighted by Gasteiger charge is 2.41. The van der Waals surface area contributed by atoms with Crippen LogP contribution in [0.1, 0.15) is 33.1 Å². The van der Waals surface area contributed by atoms with Crippen LogP contribution in [0, 0.1) is 0 Å². The molecule has 2 fully saturated rings. The molecule has 0 radical (unpaired) electrons. The molecule has 3 rings (SSSR count). The summed E-state index contributed by atoms with van der Waals surface area (Å²) < 4.78 is 8.04. The maximum absolute atomic E-state index is 5.81. The second-order valence-electron chi connectivity index (χ2n) is 6.24. The summed E-state index contributed by atoms with van der Waals surface area (Å²) >= 11 is 0. The van der Waals surface area contributed by atoms with Crippen LogP contribution in [0.25, 0.3) is 0 Å². The molecule has 1 aromatic heterocycles. The quantitative estimate of drug-likeness (QED) is 0.898. The van der Waals surface area contributed by atoms with Gasteiger partial charge in [0.1, 0.15) is 5.82 Å². The molecule has 2 N–H and O–H groups in total. The number of anilines is 1. The third-order valence-electron chi connectivity index (χ3n) is 4.45. The fourth-order valence-electron chi connectivity index (χ4n) is 3.51. The van der Waals surface area contributed by atoms with Crippen molar-refractivity contribution in [2.75, 3.05) is 25.4 Å². The Morgan fingerprint density at radius 2 is 2.05 bits per heavy atom. The zero-order valence-electron chi connectivity index (χ0n) is 11.9. The van der Waals surface area contributed by atoms with Gasteiger partial charge in [0.2, 0.25) is 0 Å². The van der Waals surface area contributed by atoms with Gasteiger partial charge in [-0.15, -0.1) is 0 Å². The summed E-state index contributed by atoms with van der Waals surface area (Å²) in [6, 6.07) is 0. The number of nitrogen functional groups attached to an aromatic ring is 1. The lowest BCUT2D eigenvalue weighted by Gasteiger charge is -2.48. The van der Waals surface area contributed by atoms with Crippen molar-refractivity contribution >= 4 is 5.82 Å². The Morgan fingerprint density at radius 1 is 1.37 bits per heavy atom. The van der Waals surface area contributed by atoms with Crippen LogP contribution in [0.3, 0.4) is 0 Å². The first-order chi connectivity index (χ1) is 9.07. The van der Waals surface area contributed by atoms with E-state index in [1.54, 1.807) is 0 Å². The zero-order valence-corrected chi connectivity index (χ0v) is 11.9. The van der Waals surface area contributed by atoms with Gasteiger partial charge in [0.05, 0.1) is 24.1 Å². The maximum atomic E-state index is 5.81. The van der Waals surface area contributed by atoms with Crippen LogP contribution in [0.5, 0.6) is 0 Å². The van der Waals surface area contributed by atoms with E-state index < -0.39 is 0 Å². The average Bonchev–Trinajstić information content (AvgIpc) is 2.69. The van der Waals surface area contributed by atoms with E-state index in [0.29, 0.717) is 18.0 Å². The second-order valence-corrected chi connectivity index (χ2v) is 6.24. The molecule has 0 amide bonds. The van der Waals surface area contributed by atoms with E-state index in [4.69, 9.17) is 10.5 Å². The standard InChI is InChI=1S/C14H24N4O/c1-11-6-17(7-12(2)19-11)9-14(4-3-5-14)18-8-13(15)16-10-18/h8,10-12H,3-7,9,15H2,1-2H3/t11-,12+. The molecule has 5 nitrogen and oxygen atoms in total. The Balaban J connectivity index is 1.73. The van der Waals surface area contributed by atoms with E-state index in [9.17, 15) is 0 Å². The number of rotatable bonds is 3. The van der Waals surface area contributed by atoms with Gasteiger partial charge in [-0.2, -0.15) is 0 Å². The van der Waals surface area contributed by atoms with Crippen molar-refractivity contribution in [2.24, 2.45) is 0 Å². The lowest BCUT2D eigenvalue weighted by molar-refractivity contribution is -0.0827. The Kier molecular flexibility index (Phi) is 3.27. The van der Waals surface area contributed by atoms with Crippen LogP contribution in [-0.4, -0.2) is 46.3 Å². The van der Waals surface area contributed by atoms with Crippen LogP contribution in [0.4, 0.5) is 5.82 Å². The van der Waals surface area contributed by atoms with Crippen molar-refractivity contribution in [3.63, 3.8) is 0 Å². The highest BCUT2D eigenvalue weighted by molar-refractivity contribution is 5.24. The summed E-state index contributed by atoms with van der Waals surface area (Å²) in [5.74, 6) is 0.620. The van der Waals surface area contributed by atoms with Crippen molar-refractivity contribution in [1.29, 1.82) is 0 Å². The van der Waals surface area contributed by atoms with Crippen molar-refractivity contribution in [3.8, 4) is 0 Å². The lowest BCUT2D eigenvalue weighted by Crippen LogP contribution is -2.54. The molecule has 106 valence electrons. The Bertz CT molecular complexity index is 430. The van der Waals surface area contributed by atoms with Crippen LogP contribution in [0.2, 0.25) is 0 Å². The molecule has 1 aliphatic heterocycles. The molecule has 1 aliphatic carbocycles. The monoisotopic (exact) mass is 264 g/mol. The predicted octanol–water partition coefficient (Wildman–Crippen LogP) is 1.45. The van der Waals surface area contributed by atoms with Crippen LogP contribution in [-0.2, 0) is 10.3 Å². The average molecular weight is 264 g/mol. The number of nitrogens with two attached hydrogens (primary N) is 1. The van der Waals surface area contributed by atoms with Gasteiger partial charge in [-0.3, -0.25) is 4.90 Å². The minimum absolute atomic E-state index is 0.210. The van der Waals surface area contributed by atoms with Crippen molar-refractivity contribution in [3.05, 3.63) is 12.5 Å². The highest BCUT2D eigenvalue weighted by Crippen LogP contribution is 2.40. The number of imidazole rings is 1. The van der Waals surface area contributed by atoms with Crippen molar-refractivity contribution in [1.82, 2.24) is 14.5 Å². The number of aromatic nitrogens is 2. The summed E-state index contributed by atoms with van der Waals surface area (Å²) in [4.78, 5) is 6.72. The smallest absolute Gasteiger partial charge is 0.141 e. The largest absolute Gasteiger partial charge is 0.382 e. The molecule has 0 bridgehead atoms. The molecule has 0 spiro atoms. The van der Waals surface area contributed by atoms with Gasteiger partial charge in [0, 0.05) is 25.8 Å². The Morgan fingerprint density at radius 3 is 2.53 bits per heavy atom. The van der Waals surface area contributed by atoms with Gasteiger partial charge < -0.3 is 15.0 Å². The summed E-state index contributed by atoms with van der Waals surface area (Å²) in [6.45, 7) is 7.45. The van der Waals surface area contributed by atoms with Crippen LogP contribution in [0.15, 0.2) is 12.5 Å². The van der Waals surface area contributed by atoms with Gasteiger partial charge in [0.25, 0.3) is 0 Å². The number of hydrogen-bond acceptors (Lipinski definition) is 4. The molecule has 0 unspecified atom stereocenters. The van der Waals surface area contributed by atoms with Crippen LogP contribution >= 0.6 is 0 Å². The molecule has 2 atom stereocenters. The molecule has 19 heavy (non-hydrogen) atoms. The topological polar surface area (TPSA) is 56.3 Å². The van der Waals surface area contributed by atoms with E-state index in [-0.39, 0.29) is 5.54 Å². The van der Waals surface area contributed by atoms with Crippen molar-refractivity contribution < 1.29 is 4.74 Å². The van der Waals surface area contributed by atoms with Gasteiger partial charge in [0.15, 0.2) is 0 Å². The maximum Gasteiger partial charge on any atom is 0.141 e. The van der Waals surface area contributed by atoms with E-state index in [1.165, 1.54) is 19.3 Å². The number of nitrogens with zero attached hydrogens (tertiary/aromatic N) is 3. The highest BCUT2D eigenvalue weighted by atomic mass is 16.5. The summed E-state index contributed by atoms with van der Waals surface area (Å²) in [5, 5.41) is 0. The summed E-state index contributed by atoms with van der Waals surface area (Å²) in [7, 11) is 0. The molecule has 5 heteroatoms. The minimum Gasteiger partial charge on any atom is -0.382 e. The third-order valence-corrected chi connectivity index (χ3v) is 4.45. The number of ether oxygens (including phenoxy) is 1.